The van der Waals surface area contributed by atoms with Crippen LogP contribution >= 0.6 is 0 Å². The molecule has 134 valence electrons. The Labute approximate surface area is 143 Å². The molecule has 1 amide bonds. The van der Waals surface area contributed by atoms with Crippen molar-refractivity contribution in [3.05, 3.63) is 17.0 Å². The predicted molar refractivity (Wildman–Crippen MR) is 91.8 cm³/mol. The summed E-state index contributed by atoms with van der Waals surface area (Å²) in [4.78, 5) is 25.3. The van der Waals surface area contributed by atoms with Crippen LogP contribution in [0.5, 0.6) is 0 Å². The minimum atomic E-state index is -0.797. The smallest absolute Gasteiger partial charge is 0.308 e. The van der Waals surface area contributed by atoms with Crippen LogP contribution in [0.15, 0.2) is 0 Å². The lowest BCUT2D eigenvalue weighted by Crippen LogP contribution is -2.42. The molecule has 1 aromatic rings. The number of carbonyl (C=O) groups is 2. The molecule has 1 fully saturated rings. The van der Waals surface area contributed by atoms with Crippen LogP contribution in [-0.4, -0.2) is 44.8 Å². The molecule has 1 aromatic heterocycles. The van der Waals surface area contributed by atoms with Crippen LogP contribution in [0.3, 0.4) is 0 Å². The Bertz CT molecular complexity index is 607. The third kappa shape index (κ3) is 4.36. The Morgan fingerprint density at radius 3 is 2.67 bits per heavy atom. The van der Waals surface area contributed by atoms with E-state index in [2.05, 4.69) is 25.9 Å². The van der Waals surface area contributed by atoms with Crippen LogP contribution in [0, 0.1) is 25.7 Å². The Kier molecular flexibility index (Phi) is 6.02. The first kappa shape index (κ1) is 18.5. The molecule has 0 spiro atoms. The summed E-state index contributed by atoms with van der Waals surface area (Å²) in [5.41, 5.74) is 3.27. The van der Waals surface area contributed by atoms with E-state index in [1.54, 1.807) is 4.90 Å². The largest absolute Gasteiger partial charge is 0.481 e. The zero-order valence-electron chi connectivity index (χ0n) is 15.2. The summed E-state index contributed by atoms with van der Waals surface area (Å²) in [5, 5.41) is 13.7. The molecule has 1 aliphatic heterocycles. The monoisotopic (exact) mass is 335 g/mol. The fraction of sp³-hybridized carbons (Fsp3) is 0.722. The summed E-state index contributed by atoms with van der Waals surface area (Å²) < 4.78 is 2.03. The SMILES string of the molecule is Cc1nn(CC(C)C)c(C)c1CCC(=O)N1CCC[C@@H](C(=O)O)C1. The van der Waals surface area contributed by atoms with Gasteiger partial charge >= 0.3 is 5.97 Å². The molecule has 2 rings (SSSR count). The molecular weight excluding hydrogens is 306 g/mol. The van der Waals surface area contributed by atoms with Crippen LogP contribution in [0.1, 0.15) is 50.1 Å². The molecule has 1 aliphatic rings. The van der Waals surface area contributed by atoms with E-state index in [4.69, 9.17) is 5.11 Å². The van der Waals surface area contributed by atoms with Crippen molar-refractivity contribution in [1.29, 1.82) is 0 Å². The van der Waals surface area contributed by atoms with Crippen LogP contribution in [0.2, 0.25) is 0 Å². The number of aryl methyl sites for hydroxylation is 1. The third-order valence-corrected chi connectivity index (χ3v) is 4.78. The minimum absolute atomic E-state index is 0.0522. The number of hydrogen-bond acceptors (Lipinski definition) is 3. The number of hydrogen-bond donors (Lipinski definition) is 1. The van der Waals surface area contributed by atoms with Crippen LogP contribution in [0.4, 0.5) is 0 Å². The number of aliphatic carboxylic acids is 1. The van der Waals surface area contributed by atoms with Gasteiger partial charge in [-0.25, -0.2) is 0 Å². The molecule has 0 saturated carbocycles. The van der Waals surface area contributed by atoms with Crippen LogP contribution in [-0.2, 0) is 22.6 Å². The summed E-state index contributed by atoms with van der Waals surface area (Å²) >= 11 is 0. The van der Waals surface area contributed by atoms with Gasteiger partial charge in [0.25, 0.3) is 0 Å². The molecule has 6 heteroatoms. The Hall–Kier alpha value is -1.85. The molecule has 0 bridgehead atoms. The highest BCUT2D eigenvalue weighted by Gasteiger charge is 2.28. The zero-order chi connectivity index (χ0) is 17.9. The number of likely N-dealkylation sites (tertiary alicyclic amines) is 1. The molecule has 0 aromatic carbocycles. The minimum Gasteiger partial charge on any atom is -0.481 e. The quantitative estimate of drug-likeness (QED) is 0.866. The van der Waals surface area contributed by atoms with Gasteiger partial charge in [-0.2, -0.15) is 5.10 Å². The first-order chi connectivity index (χ1) is 11.3. The van der Waals surface area contributed by atoms with Gasteiger partial charge in [0.1, 0.15) is 0 Å². The highest BCUT2D eigenvalue weighted by atomic mass is 16.4. The van der Waals surface area contributed by atoms with Crippen molar-refractivity contribution in [1.82, 2.24) is 14.7 Å². The van der Waals surface area contributed by atoms with Crippen LogP contribution < -0.4 is 0 Å². The van der Waals surface area contributed by atoms with Crippen molar-refractivity contribution in [2.24, 2.45) is 11.8 Å². The van der Waals surface area contributed by atoms with Gasteiger partial charge in [0.15, 0.2) is 0 Å². The van der Waals surface area contributed by atoms with Gasteiger partial charge in [0.05, 0.1) is 11.6 Å². The second kappa shape index (κ2) is 7.81. The number of piperidine rings is 1. The molecule has 1 saturated heterocycles. The first-order valence-corrected chi connectivity index (χ1v) is 8.83. The number of carbonyl (C=O) groups excluding carboxylic acids is 1. The van der Waals surface area contributed by atoms with Gasteiger partial charge in [-0.1, -0.05) is 13.8 Å². The molecule has 0 unspecified atom stereocenters. The van der Waals surface area contributed by atoms with Gasteiger partial charge in [-0.05, 0) is 44.6 Å². The standard InChI is InChI=1S/C18H29N3O3/c1-12(2)10-21-14(4)16(13(3)19-21)7-8-17(22)20-9-5-6-15(11-20)18(23)24/h12,15H,5-11H2,1-4H3,(H,23,24)/t15-/m1/s1. The van der Waals surface area contributed by atoms with E-state index in [0.717, 1.165) is 29.9 Å². The number of carboxylic acids is 1. The average molecular weight is 335 g/mol. The van der Waals surface area contributed by atoms with Crippen molar-refractivity contribution in [3.8, 4) is 0 Å². The lowest BCUT2D eigenvalue weighted by atomic mass is 9.97. The first-order valence-electron chi connectivity index (χ1n) is 8.83. The summed E-state index contributed by atoms with van der Waals surface area (Å²) in [7, 11) is 0. The molecule has 24 heavy (non-hydrogen) atoms. The number of carboxylic acid groups (broad SMARTS) is 1. The van der Waals surface area contributed by atoms with E-state index in [0.29, 0.717) is 38.3 Å². The molecule has 6 nitrogen and oxygen atoms in total. The summed E-state index contributed by atoms with van der Waals surface area (Å²) in [6.07, 6.45) is 2.52. The molecule has 2 heterocycles. The maximum Gasteiger partial charge on any atom is 0.308 e. The molecule has 0 radical (unpaired) electrons. The fourth-order valence-electron chi connectivity index (χ4n) is 3.41. The summed E-state index contributed by atoms with van der Waals surface area (Å²) in [6.45, 7) is 10.3. The fourth-order valence-corrected chi connectivity index (χ4v) is 3.41. The second-order valence-electron chi connectivity index (χ2n) is 7.24. The maximum atomic E-state index is 12.5. The molecule has 0 aliphatic carbocycles. The highest BCUT2D eigenvalue weighted by molar-refractivity contribution is 5.78. The Balaban J connectivity index is 1.96. The lowest BCUT2D eigenvalue weighted by molar-refractivity contribution is -0.145. The van der Waals surface area contributed by atoms with Crippen molar-refractivity contribution in [3.63, 3.8) is 0 Å². The predicted octanol–water partition coefficient (Wildman–Crippen LogP) is 2.41. The number of rotatable bonds is 6. The van der Waals surface area contributed by atoms with Crippen molar-refractivity contribution >= 4 is 11.9 Å². The Morgan fingerprint density at radius 2 is 2.04 bits per heavy atom. The van der Waals surface area contributed by atoms with Gasteiger partial charge in [-0.15, -0.1) is 0 Å². The zero-order valence-corrected chi connectivity index (χ0v) is 15.2. The van der Waals surface area contributed by atoms with Crippen LogP contribution in [0.25, 0.3) is 0 Å². The number of nitrogens with zero attached hydrogens (tertiary/aromatic N) is 3. The van der Waals surface area contributed by atoms with Crippen molar-refractivity contribution < 1.29 is 14.7 Å². The van der Waals surface area contributed by atoms with E-state index >= 15 is 0 Å². The van der Waals surface area contributed by atoms with E-state index < -0.39 is 11.9 Å². The van der Waals surface area contributed by atoms with E-state index in [9.17, 15) is 9.59 Å². The second-order valence-corrected chi connectivity index (χ2v) is 7.24. The van der Waals surface area contributed by atoms with Gasteiger partial charge < -0.3 is 10.0 Å². The topological polar surface area (TPSA) is 75.4 Å². The van der Waals surface area contributed by atoms with Crippen molar-refractivity contribution in [2.45, 2.75) is 59.9 Å². The maximum absolute atomic E-state index is 12.5. The summed E-state index contributed by atoms with van der Waals surface area (Å²) in [5.74, 6) is -0.635. The van der Waals surface area contributed by atoms with Gasteiger partial charge in [0.2, 0.25) is 5.91 Å². The normalized spacial score (nSPS) is 18.2. The van der Waals surface area contributed by atoms with E-state index in [1.807, 2.05) is 11.6 Å². The Morgan fingerprint density at radius 1 is 1.33 bits per heavy atom. The molecule has 1 atom stereocenters. The summed E-state index contributed by atoms with van der Waals surface area (Å²) in [6, 6.07) is 0. The lowest BCUT2D eigenvalue weighted by Gasteiger charge is -2.30. The number of aromatic nitrogens is 2. The highest BCUT2D eigenvalue weighted by Crippen LogP contribution is 2.20. The third-order valence-electron chi connectivity index (χ3n) is 4.78. The number of amides is 1. The molecule has 1 N–H and O–H groups in total. The van der Waals surface area contributed by atoms with Gasteiger partial charge in [-0.3, -0.25) is 14.3 Å². The average Bonchev–Trinajstić information content (AvgIpc) is 2.78. The van der Waals surface area contributed by atoms with Crippen molar-refractivity contribution in [2.75, 3.05) is 13.1 Å². The van der Waals surface area contributed by atoms with E-state index in [1.165, 1.54) is 0 Å². The molecular formula is C18H29N3O3. The van der Waals surface area contributed by atoms with E-state index in [-0.39, 0.29) is 5.91 Å². The van der Waals surface area contributed by atoms with Gasteiger partial charge in [0, 0.05) is 31.7 Å².